The highest BCUT2D eigenvalue weighted by molar-refractivity contribution is 8.01. The fourth-order valence-corrected chi connectivity index (χ4v) is 22.4. The van der Waals surface area contributed by atoms with Crippen molar-refractivity contribution in [3.63, 3.8) is 0 Å². The zero-order chi connectivity index (χ0) is 97.1. The monoisotopic (exact) mass is 1900 g/mol. The number of pyridine rings is 4. The summed E-state index contributed by atoms with van der Waals surface area (Å²) >= 11 is 0. The quantitative estimate of drug-likeness (QED) is 0.0277. The molecule has 6 N–H and O–H groups in total. The van der Waals surface area contributed by atoms with Crippen LogP contribution in [0.4, 0.5) is 80.3 Å². The lowest BCUT2D eigenvalue weighted by Crippen LogP contribution is -2.56. The largest absolute Gasteiger partial charge is 0.363 e. The molecular weight excluding hydrogens is 1790 g/mol. The maximum absolute atomic E-state index is 14.7. The van der Waals surface area contributed by atoms with Crippen LogP contribution in [0.15, 0.2) is 142 Å². The summed E-state index contributed by atoms with van der Waals surface area (Å²) in [7, 11) is 4.64. The van der Waals surface area contributed by atoms with Crippen molar-refractivity contribution in [2.45, 2.75) is 198 Å². The SMILES string of the molecule is C=S1(=O)CC2(CC(c3cc4c(N[C@H](C)c5cccc(C(F)F)c5F)ncnc4n(C)c3=O)C2)C1.CC(F)CN1CCC(c2cc3c(N[C@H](C)c4cccc(C(F)F)c4F)ncnc3n(C)c2=O)CC1.CCCN1CCC(c2cc3c(N[C@H](C)c4cccc(C(F)F)c4F)ncnc3n(C)c2=O)CC1.C[C@@H](Nc1ncnc2c1cc(C1(N)CCCCC1)c(=O)n2C)c1cccc(C(F)F)c1F. The minimum atomic E-state index is -2.92. The Balaban J connectivity index is 0.000000144. The highest BCUT2D eigenvalue weighted by Gasteiger charge is 2.54. The Morgan fingerprint density at radius 1 is 0.422 bits per heavy atom. The van der Waals surface area contributed by atoms with Crippen molar-refractivity contribution >= 4 is 82.8 Å². The van der Waals surface area contributed by atoms with Gasteiger partial charge in [0.2, 0.25) is 0 Å². The summed E-state index contributed by atoms with van der Waals surface area (Å²) in [5.74, 6) is 2.98. The third-order valence-corrected chi connectivity index (χ3v) is 29.2. The van der Waals surface area contributed by atoms with Gasteiger partial charge in [-0.3, -0.25) is 41.7 Å². The third kappa shape index (κ3) is 21.1. The molecule has 11 heterocycles. The first-order valence-corrected chi connectivity index (χ1v) is 47.2. The molecule has 5 fully saturated rings. The van der Waals surface area contributed by atoms with Gasteiger partial charge in [0.15, 0.2) is 0 Å². The zero-order valence-electron chi connectivity index (χ0n) is 76.5. The van der Waals surface area contributed by atoms with E-state index < -0.39 is 117 Å². The molecule has 4 aromatic carbocycles. The number of aromatic nitrogens is 12. The normalized spacial score (nSPS) is 19.4. The molecule has 720 valence electrons. The van der Waals surface area contributed by atoms with Crippen LogP contribution < -0.4 is 49.2 Å². The summed E-state index contributed by atoms with van der Waals surface area (Å²) in [6.45, 7) is 15.1. The summed E-state index contributed by atoms with van der Waals surface area (Å²) in [4.78, 5) is 91.1. The van der Waals surface area contributed by atoms with Gasteiger partial charge in [0.1, 0.15) is 101 Å². The molecular formula is C97H110F13N19O5S. The van der Waals surface area contributed by atoms with Crippen LogP contribution in [0.25, 0.3) is 44.1 Å². The van der Waals surface area contributed by atoms with Gasteiger partial charge in [0.05, 0.1) is 68.0 Å². The van der Waals surface area contributed by atoms with Crippen LogP contribution in [0.5, 0.6) is 0 Å². The number of rotatable bonds is 24. The number of nitrogens with zero attached hydrogens (tertiary/aromatic N) is 14. The molecule has 24 nitrogen and oxygen atoms in total. The lowest BCUT2D eigenvalue weighted by Gasteiger charge is -2.55. The predicted molar refractivity (Wildman–Crippen MR) is 499 cm³/mol. The van der Waals surface area contributed by atoms with Crippen LogP contribution in [0.3, 0.4) is 0 Å². The average Bonchev–Trinajstić information content (AvgIpc) is 0.539. The fourth-order valence-electron chi connectivity index (χ4n) is 19.8. The van der Waals surface area contributed by atoms with Crippen LogP contribution in [0.2, 0.25) is 0 Å². The van der Waals surface area contributed by atoms with Gasteiger partial charge >= 0.3 is 0 Å². The summed E-state index contributed by atoms with van der Waals surface area (Å²) in [6.07, 6.45) is 3.08. The lowest BCUT2D eigenvalue weighted by molar-refractivity contribution is 0.142. The van der Waals surface area contributed by atoms with Crippen molar-refractivity contribution in [2.24, 2.45) is 39.3 Å². The molecule has 38 heteroatoms. The van der Waals surface area contributed by atoms with E-state index in [0.29, 0.717) is 128 Å². The Bertz CT molecular complexity index is 6720. The molecule has 135 heavy (non-hydrogen) atoms. The molecule has 12 aromatic rings. The van der Waals surface area contributed by atoms with Gasteiger partial charge in [-0.15, -0.1) is 0 Å². The topological polar surface area (TPSA) is 289 Å². The predicted octanol–water partition coefficient (Wildman–Crippen LogP) is 19.2. The second-order valence-electron chi connectivity index (χ2n) is 36.4. The second kappa shape index (κ2) is 41.4. The van der Waals surface area contributed by atoms with Crippen molar-refractivity contribution in [3.8, 4) is 0 Å². The molecule has 5 atom stereocenters. The highest BCUT2D eigenvalue weighted by Crippen LogP contribution is 2.57. The van der Waals surface area contributed by atoms with Gasteiger partial charge < -0.3 is 36.8 Å². The molecule has 0 bridgehead atoms. The number of hydrogen-bond donors (Lipinski definition) is 5. The summed E-state index contributed by atoms with van der Waals surface area (Å²) in [5, 5.41) is 14.9. The van der Waals surface area contributed by atoms with Crippen molar-refractivity contribution in [3.05, 3.63) is 254 Å². The molecule has 5 aliphatic rings. The van der Waals surface area contributed by atoms with E-state index in [2.05, 4.69) is 83.7 Å². The van der Waals surface area contributed by atoms with Gasteiger partial charge in [0, 0.05) is 96.3 Å². The average molecular weight is 1900 g/mol. The summed E-state index contributed by atoms with van der Waals surface area (Å²) in [6, 6.07) is 20.3. The first-order chi connectivity index (χ1) is 64.2. The summed E-state index contributed by atoms with van der Waals surface area (Å²) in [5.41, 5.74) is 7.42. The molecule has 0 radical (unpaired) electrons. The molecule has 1 unspecified atom stereocenters. The van der Waals surface area contributed by atoms with Crippen molar-refractivity contribution in [1.82, 2.24) is 67.9 Å². The Morgan fingerprint density at radius 3 is 1.01 bits per heavy atom. The number of fused-ring (bicyclic) bond motifs is 4. The number of hydrogen-bond acceptors (Lipinski definition) is 20. The molecule has 2 saturated carbocycles. The highest BCUT2D eigenvalue weighted by atomic mass is 32.2. The van der Waals surface area contributed by atoms with E-state index in [1.807, 2.05) is 6.07 Å². The van der Waals surface area contributed by atoms with Gasteiger partial charge in [0.25, 0.3) is 47.9 Å². The Labute approximate surface area is 771 Å². The van der Waals surface area contributed by atoms with Gasteiger partial charge in [-0.05, 0) is 188 Å². The van der Waals surface area contributed by atoms with Crippen LogP contribution in [-0.2, 0) is 43.3 Å². The maximum Gasteiger partial charge on any atom is 0.266 e. The first kappa shape index (κ1) is 99.2. The first-order valence-electron chi connectivity index (χ1n) is 45.1. The van der Waals surface area contributed by atoms with Crippen molar-refractivity contribution in [2.75, 3.05) is 72.0 Å². The molecule has 3 aliphatic heterocycles. The van der Waals surface area contributed by atoms with Crippen LogP contribution in [-0.4, -0.2) is 135 Å². The van der Waals surface area contributed by atoms with Gasteiger partial charge in [-0.25, -0.2) is 96.9 Å². The van der Waals surface area contributed by atoms with E-state index in [-0.39, 0.29) is 67.7 Å². The van der Waals surface area contributed by atoms with E-state index in [1.165, 1.54) is 99.0 Å². The Kier molecular flexibility index (Phi) is 30.4. The molecule has 17 rings (SSSR count). The number of benzene rings is 4. The minimum absolute atomic E-state index is 0.00918. The number of likely N-dealkylation sites (tertiary alicyclic amines) is 2. The zero-order valence-corrected chi connectivity index (χ0v) is 77.3. The van der Waals surface area contributed by atoms with Crippen LogP contribution >= 0.6 is 0 Å². The van der Waals surface area contributed by atoms with Gasteiger partial charge in [-0.2, -0.15) is 0 Å². The standard InChI is InChI=1S/C25H29F4N5O.C25H30F3N5O.C24H25F3N4O2S.C23H26F3N5O/c1-14(26)12-34-9-7-16(8-10-34)19-11-20-23(30-13-31-24(20)33(3)25(19)35)32-15(2)17-5-4-6-18(21(17)27)22(28)29;1-4-10-33-11-8-16(9-12-33)19-13-20-23(29-14-30-24(20)32(3)25(19)34)31-15(2)17-6-5-7-18(21(17)26)22(27)28;1-13(15-5-4-6-16(19(15)25)20(26)27)30-21-18-7-17(23(32)31(2)22(18)29-12-28-21)14-8-24(9-14)10-34(3,33)11-24;1-13(14-7-6-8-15(18(14)24)19(25)26)30-20-16-11-17(23(27)9-4-3-5-10-23)22(32)31(2)21(16)29-12-28-20/h4-6,11,13-16,22H,7-10,12H2,1-3H3,(H,30,31,32);5-7,13-16,22H,4,8-12H2,1-3H3,(H,29,30,31);4-7,12-14,20H,3,8-11H2,1-2H3,(H,28,29,30);6-8,11-13,19H,3-5,9-10,27H2,1-2H3,(H,28,29,30)/t14?,15-;15-;13-,14?,24?,34?;13-/m1111/s1. The Morgan fingerprint density at radius 2 is 0.711 bits per heavy atom. The number of alkyl halides is 9. The minimum Gasteiger partial charge on any atom is -0.363 e. The van der Waals surface area contributed by atoms with E-state index in [9.17, 15) is 80.5 Å². The molecule has 8 aromatic heterocycles. The van der Waals surface area contributed by atoms with Crippen molar-refractivity contribution in [1.29, 1.82) is 0 Å². The van der Waals surface area contributed by atoms with E-state index >= 15 is 0 Å². The number of aryl methyl sites for hydroxylation is 4. The fraction of sp³-hybridized carbons (Fsp3) is 0.454. The Hall–Kier alpha value is -11.8. The van der Waals surface area contributed by atoms with E-state index in [1.54, 1.807) is 74.1 Å². The van der Waals surface area contributed by atoms with E-state index in [4.69, 9.17) is 5.73 Å². The third-order valence-electron chi connectivity index (χ3n) is 26.9. The smallest absolute Gasteiger partial charge is 0.266 e. The number of anilines is 4. The molecule has 2 aliphatic carbocycles. The molecule has 0 amide bonds. The number of nitrogens with one attached hydrogen (secondary N) is 4. The van der Waals surface area contributed by atoms with Crippen LogP contribution in [0.1, 0.15) is 253 Å². The number of nitrogens with two attached hydrogens (primary N) is 1. The van der Waals surface area contributed by atoms with Crippen LogP contribution in [0, 0.1) is 28.7 Å². The number of piperidine rings is 2. The van der Waals surface area contributed by atoms with Gasteiger partial charge in [-0.1, -0.05) is 99.0 Å². The molecule has 3 saturated heterocycles. The summed E-state index contributed by atoms with van der Waals surface area (Å²) < 4.78 is 195. The number of halogens is 13. The molecule has 1 spiro atoms. The van der Waals surface area contributed by atoms with E-state index in [0.717, 1.165) is 114 Å². The lowest BCUT2D eigenvalue weighted by atomic mass is 9.61. The second-order valence-corrected chi connectivity index (χ2v) is 38.9. The van der Waals surface area contributed by atoms with Crippen molar-refractivity contribution < 1.29 is 61.3 Å². The maximum atomic E-state index is 14.7.